The maximum atomic E-state index is 13.2. The van der Waals surface area contributed by atoms with Gasteiger partial charge in [0, 0.05) is 6.42 Å². The summed E-state index contributed by atoms with van der Waals surface area (Å²) in [6, 6.07) is 11.2. The average molecular weight is 290 g/mol. The van der Waals surface area contributed by atoms with Crippen LogP contribution in [0.5, 0.6) is 0 Å². The predicted octanol–water partition coefficient (Wildman–Crippen LogP) is 4.29. The van der Waals surface area contributed by atoms with Gasteiger partial charge < -0.3 is 5.11 Å². The van der Waals surface area contributed by atoms with Gasteiger partial charge in [0.25, 0.3) is 0 Å². The number of aliphatic carboxylic acids is 1. The van der Waals surface area contributed by atoms with Crippen LogP contribution in [0.2, 0.25) is 0 Å². The minimum Gasteiger partial charge on any atom is -0.481 e. The van der Waals surface area contributed by atoms with Crippen LogP contribution in [-0.2, 0) is 11.2 Å². The van der Waals surface area contributed by atoms with E-state index in [4.69, 9.17) is 5.11 Å². The van der Waals surface area contributed by atoms with Gasteiger partial charge in [-0.2, -0.15) is 0 Å². The third-order valence-corrected chi connectivity index (χ3v) is 3.31. The van der Waals surface area contributed by atoms with E-state index < -0.39 is 17.6 Å². The molecule has 0 aliphatic carbocycles. The number of hydrogen-bond acceptors (Lipinski definition) is 1. The zero-order valence-corrected chi connectivity index (χ0v) is 11.6. The monoisotopic (exact) mass is 290 g/mol. The Morgan fingerprint density at radius 3 is 2.24 bits per heavy atom. The summed E-state index contributed by atoms with van der Waals surface area (Å²) in [6.07, 6.45) is 0.801. The lowest BCUT2D eigenvalue weighted by atomic mass is 9.96. The number of rotatable bonds is 5. The van der Waals surface area contributed by atoms with E-state index in [1.807, 2.05) is 31.2 Å². The molecule has 2 aromatic rings. The first-order valence-electron chi connectivity index (χ1n) is 6.72. The van der Waals surface area contributed by atoms with Crippen molar-refractivity contribution in [3.05, 3.63) is 59.7 Å². The highest BCUT2D eigenvalue weighted by atomic mass is 19.2. The highest BCUT2D eigenvalue weighted by molar-refractivity contribution is 5.67. The van der Waals surface area contributed by atoms with Crippen LogP contribution in [0.15, 0.2) is 42.5 Å². The molecule has 2 rings (SSSR count). The second-order valence-corrected chi connectivity index (χ2v) is 5.23. The van der Waals surface area contributed by atoms with Gasteiger partial charge in [-0.05, 0) is 41.2 Å². The van der Waals surface area contributed by atoms with Crippen LogP contribution >= 0.6 is 0 Å². The fraction of sp³-hybridized carbons (Fsp3) is 0.235. The Labute approximate surface area is 122 Å². The van der Waals surface area contributed by atoms with Crippen molar-refractivity contribution in [1.82, 2.24) is 0 Å². The van der Waals surface area contributed by atoms with Crippen molar-refractivity contribution in [2.45, 2.75) is 19.8 Å². The van der Waals surface area contributed by atoms with E-state index in [-0.39, 0.29) is 12.3 Å². The van der Waals surface area contributed by atoms with E-state index in [1.54, 1.807) is 0 Å². The Kier molecular flexibility index (Phi) is 4.68. The van der Waals surface area contributed by atoms with Crippen molar-refractivity contribution in [2.24, 2.45) is 5.92 Å². The molecule has 0 bridgehead atoms. The van der Waals surface area contributed by atoms with Crippen LogP contribution in [0.4, 0.5) is 8.78 Å². The van der Waals surface area contributed by atoms with Gasteiger partial charge in [0.1, 0.15) is 0 Å². The lowest BCUT2D eigenvalue weighted by Crippen LogP contribution is -2.06. The zero-order valence-electron chi connectivity index (χ0n) is 11.6. The Bertz CT molecular complexity index is 636. The van der Waals surface area contributed by atoms with Gasteiger partial charge in [-0.3, -0.25) is 4.79 Å². The molecule has 0 aliphatic heterocycles. The first-order valence-corrected chi connectivity index (χ1v) is 6.72. The van der Waals surface area contributed by atoms with Crippen LogP contribution in [0.1, 0.15) is 18.9 Å². The molecule has 0 saturated carbocycles. The van der Waals surface area contributed by atoms with Crippen LogP contribution in [0.25, 0.3) is 11.1 Å². The lowest BCUT2D eigenvalue weighted by molar-refractivity contribution is -0.137. The van der Waals surface area contributed by atoms with Crippen molar-refractivity contribution in [1.29, 1.82) is 0 Å². The largest absolute Gasteiger partial charge is 0.481 e. The van der Waals surface area contributed by atoms with Crippen LogP contribution in [0.3, 0.4) is 0 Å². The summed E-state index contributed by atoms with van der Waals surface area (Å²) in [5.74, 6) is -2.48. The minimum atomic E-state index is -0.869. The summed E-state index contributed by atoms with van der Waals surface area (Å²) in [5.41, 5.74) is 2.43. The van der Waals surface area contributed by atoms with E-state index in [2.05, 4.69) is 0 Å². The molecule has 0 aliphatic rings. The molecular weight excluding hydrogens is 274 g/mol. The molecular formula is C17H16F2O2. The predicted molar refractivity (Wildman–Crippen MR) is 76.9 cm³/mol. The quantitative estimate of drug-likeness (QED) is 0.892. The Morgan fingerprint density at radius 1 is 1.05 bits per heavy atom. The molecule has 4 heteroatoms. The number of carbonyl (C=O) groups is 1. The first-order chi connectivity index (χ1) is 9.95. The molecule has 21 heavy (non-hydrogen) atoms. The molecule has 0 heterocycles. The molecule has 2 aromatic carbocycles. The van der Waals surface area contributed by atoms with Gasteiger partial charge in [-0.1, -0.05) is 37.3 Å². The zero-order chi connectivity index (χ0) is 15.4. The first kappa shape index (κ1) is 15.2. The number of halogens is 2. The van der Waals surface area contributed by atoms with Gasteiger partial charge in [-0.15, -0.1) is 0 Å². The summed E-state index contributed by atoms with van der Waals surface area (Å²) in [6.45, 7) is 1.89. The van der Waals surface area contributed by atoms with Crippen LogP contribution in [0, 0.1) is 17.6 Å². The molecule has 1 atom stereocenters. The third kappa shape index (κ3) is 4.12. The summed E-state index contributed by atoms with van der Waals surface area (Å²) in [4.78, 5) is 10.6. The number of benzene rings is 2. The molecule has 0 spiro atoms. The summed E-state index contributed by atoms with van der Waals surface area (Å²) >= 11 is 0. The topological polar surface area (TPSA) is 37.3 Å². The Morgan fingerprint density at radius 2 is 1.67 bits per heavy atom. The second-order valence-electron chi connectivity index (χ2n) is 5.23. The molecule has 0 aromatic heterocycles. The Balaban J connectivity index is 2.11. The third-order valence-electron chi connectivity index (χ3n) is 3.31. The standard InChI is InChI=1S/C17H16F2O2/c1-11(9-17(20)21)8-12-2-4-13(5-3-12)14-6-7-15(18)16(19)10-14/h2-7,10-11H,8-9H2,1H3,(H,20,21). The smallest absolute Gasteiger partial charge is 0.303 e. The fourth-order valence-electron chi connectivity index (χ4n) is 2.28. The molecule has 2 nitrogen and oxygen atoms in total. The highest BCUT2D eigenvalue weighted by Gasteiger charge is 2.09. The summed E-state index contributed by atoms with van der Waals surface area (Å²) < 4.78 is 26.1. The normalized spacial score (nSPS) is 12.1. The van der Waals surface area contributed by atoms with Crippen LogP contribution in [-0.4, -0.2) is 11.1 Å². The molecule has 0 fully saturated rings. The number of carboxylic acids is 1. The second kappa shape index (κ2) is 6.48. The maximum Gasteiger partial charge on any atom is 0.303 e. The van der Waals surface area contributed by atoms with E-state index in [9.17, 15) is 13.6 Å². The molecule has 0 radical (unpaired) electrons. The van der Waals surface area contributed by atoms with E-state index in [0.717, 1.165) is 23.3 Å². The van der Waals surface area contributed by atoms with E-state index >= 15 is 0 Å². The van der Waals surface area contributed by atoms with Crippen molar-refractivity contribution < 1.29 is 18.7 Å². The molecule has 0 amide bonds. The van der Waals surface area contributed by atoms with Crippen molar-refractivity contribution in [3.8, 4) is 11.1 Å². The van der Waals surface area contributed by atoms with E-state index in [0.29, 0.717) is 12.0 Å². The molecule has 1 N–H and O–H groups in total. The van der Waals surface area contributed by atoms with Gasteiger partial charge >= 0.3 is 5.97 Å². The van der Waals surface area contributed by atoms with Crippen LogP contribution < -0.4 is 0 Å². The van der Waals surface area contributed by atoms with E-state index in [1.165, 1.54) is 6.07 Å². The van der Waals surface area contributed by atoms with Crippen molar-refractivity contribution in [3.63, 3.8) is 0 Å². The molecule has 1 unspecified atom stereocenters. The van der Waals surface area contributed by atoms with Gasteiger partial charge in [0.2, 0.25) is 0 Å². The molecule has 0 saturated heterocycles. The minimum absolute atomic E-state index is 0.0524. The maximum absolute atomic E-state index is 13.2. The van der Waals surface area contributed by atoms with Gasteiger partial charge in [0.05, 0.1) is 0 Å². The Hall–Kier alpha value is -2.23. The number of hydrogen-bond donors (Lipinski definition) is 1. The van der Waals surface area contributed by atoms with Gasteiger partial charge in [-0.25, -0.2) is 8.78 Å². The number of carboxylic acid groups (broad SMARTS) is 1. The van der Waals surface area contributed by atoms with Gasteiger partial charge in [0.15, 0.2) is 11.6 Å². The van der Waals surface area contributed by atoms with Crippen molar-refractivity contribution >= 4 is 5.97 Å². The lowest BCUT2D eigenvalue weighted by Gasteiger charge is -2.09. The van der Waals surface area contributed by atoms with Crippen molar-refractivity contribution in [2.75, 3.05) is 0 Å². The summed E-state index contributed by atoms with van der Waals surface area (Å²) in [5, 5.41) is 8.74. The SMILES string of the molecule is CC(CC(=O)O)Cc1ccc(-c2ccc(F)c(F)c2)cc1. The highest BCUT2D eigenvalue weighted by Crippen LogP contribution is 2.23. The molecule has 110 valence electrons. The summed E-state index contributed by atoms with van der Waals surface area (Å²) in [7, 11) is 0. The average Bonchev–Trinajstić information content (AvgIpc) is 2.42. The fourth-order valence-corrected chi connectivity index (χ4v) is 2.28.